The van der Waals surface area contributed by atoms with Crippen molar-refractivity contribution in [3.8, 4) is 0 Å². The number of fused-ring (bicyclic) bond motifs is 1. The van der Waals surface area contributed by atoms with E-state index in [0.29, 0.717) is 33.8 Å². The number of carbonyl (C=O) groups is 1. The summed E-state index contributed by atoms with van der Waals surface area (Å²) < 4.78 is 11.6. The summed E-state index contributed by atoms with van der Waals surface area (Å²) in [6.07, 6.45) is 1.52. The SMILES string of the molecule is COCCOC(=O)c1sc2ncn(Cc3ccccc3)c(=O)c2c1C. The summed E-state index contributed by atoms with van der Waals surface area (Å²) in [6, 6.07) is 9.69. The Labute approximate surface area is 148 Å². The lowest BCUT2D eigenvalue weighted by atomic mass is 10.2. The lowest BCUT2D eigenvalue weighted by Crippen LogP contribution is -2.21. The third kappa shape index (κ3) is 3.62. The number of carbonyl (C=O) groups excluding carboxylic acids is 1. The molecule has 0 aliphatic rings. The number of ether oxygens (including phenoxy) is 2. The Kier molecular flexibility index (Phi) is 5.25. The van der Waals surface area contributed by atoms with E-state index < -0.39 is 5.97 Å². The van der Waals surface area contributed by atoms with Crippen LogP contribution in [0.1, 0.15) is 20.8 Å². The van der Waals surface area contributed by atoms with Gasteiger partial charge in [-0.25, -0.2) is 9.78 Å². The summed E-state index contributed by atoms with van der Waals surface area (Å²) in [7, 11) is 1.54. The number of methoxy groups -OCH3 is 1. The average Bonchev–Trinajstić information content (AvgIpc) is 2.96. The number of aromatic nitrogens is 2. The van der Waals surface area contributed by atoms with Crippen LogP contribution in [0.2, 0.25) is 0 Å². The molecule has 0 spiro atoms. The van der Waals surface area contributed by atoms with Crippen molar-refractivity contribution in [1.82, 2.24) is 9.55 Å². The van der Waals surface area contributed by atoms with Gasteiger partial charge in [0.15, 0.2) is 0 Å². The molecular formula is C18H18N2O4S. The van der Waals surface area contributed by atoms with E-state index in [1.54, 1.807) is 11.5 Å². The summed E-state index contributed by atoms with van der Waals surface area (Å²) >= 11 is 1.18. The smallest absolute Gasteiger partial charge is 0.348 e. The fraction of sp³-hybridized carbons (Fsp3) is 0.278. The van der Waals surface area contributed by atoms with E-state index in [9.17, 15) is 9.59 Å². The molecule has 1 aromatic carbocycles. The summed E-state index contributed by atoms with van der Waals surface area (Å²) in [5.74, 6) is -0.452. The van der Waals surface area contributed by atoms with Gasteiger partial charge in [-0.1, -0.05) is 30.3 Å². The van der Waals surface area contributed by atoms with Gasteiger partial charge in [-0.3, -0.25) is 9.36 Å². The largest absolute Gasteiger partial charge is 0.459 e. The van der Waals surface area contributed by atoms with E-state index in [-0.39, 0.29) is 12.2 Å². The van der Waals surface area contributed by atoms with E-state index >= 15 is 0 Å². The maximum Gasteiger partial charge on any atom is 0.348 e. The predicted octanol–water partition coefficient (Wildman–Crippen LogP) is 2.62. The molecule has 130 valence electrons. The van der Waals surface area contributed by atoms with Crippen molar-refractivity contribution in [3.05, 3.63) is 63.0 Å². The molecule has 0 unspecified atom stereocenters. The molecule has 0 atom stereocenters. The summed E-state index contributed by atoms with van der Waals surface area (Å²) in [4.78, 5) is 30.3. The molecule has 0 radical (unpaired) electrons. The molecule has 0 N–H and O–H groups in total. The molecule has 0 saturated carbocycles. The first-order valence-corrected chi connectivity index (χ1v) is 8.62. The zero-order chi connectivity index (χ0) is 17.8. The summed E-state index contributed by atoms with van der Waals surface area (Å²) in [5.41, 5.74) is 1.47. The highest BCUT2D eigenvalue weighted by Crippen LogP contribution is 2.27. The highest BCUT2D eigenvalue weighted by Gasteiger charge is 2.20. The fourth-order valence-corrected chi connectivity index (χ4v) is 3.56. The number of esters is 1. The second-order valence-electron chi connectivity index (χ2n) is 5.53. The molecule has 0 fully saturated rings. The number of aryl methyl sites for hydroxylation is 1. The average molecular weight is 358 g/mol. The molecule has 3 aromatic rings. The first kappa shape index (κ1) is 17.3. The van der Waals surface area contributed by atoms with Crippen LogP contribution in [0.5, 0.6) is 0 Å². The highest BCUT2D eigenvalue weighted by atomic mass is 32.1. The van der Waals surface area contributed by atoms with Crippen LogP contribution in [0.4, 0.5) is 0 Å². The highest BCUT2D eigenvalue weighted by molar-refractivity contribution is 7.20. The molecule has 0 aliphatic carbocycles. The molecule has 7 heteroatoms. The Bertz CT molecular complexity index is 947. The van der Waals surface area contributed by atoms with Gasteiger partial charge in [0, 0.05) is 7.11 Å². The first-order valence-electron chi connectivity index (χ1n) is 7.80. The minimum Gasteiger partial charge on any atom is -0.459 e. The van der Waals surface area contributed by atoms with Crippen molar-refractivity contribution in [2.75, 3.05) is 20.3 Å². The van der Waals surface area contributed by atoms with Crippen molar-refractivity contribution < 1.29 is 14.3 Å². The van der Waals surface area contributed by atoms with Gasteiger partial charge in [-0.05, 0) is 18.1 Å². The molecular weight excluding hydrogens is 340 g/mol. The summed E-state index contributed by atoms with van der Waals surface area (Å²) in [5, 5.41) is 0.474. The number of rotatable bonds is 6. The molecule has 0 saturated heterocycles. The van der Waals surface area contributed by atoms with Gasteiger partial charge < -0.3 is 9.47 Å². The van der Waals surface area contributed by atoms with Gasteiger partial charge in [0.05, 0.1) is 24.9 Å². The minimum atomic E-state index is -0.452. The molecule has 2 heterocycles. The van der Waals surface area contributed by atoms with Crippen LogP contribution in [-0.2, 0) is 16.0 Å². The Morgan fingerprint density at radius 2 is 2.00 bits per heavy atom. The maximum atomic E-state index is 12.8. The van der Waals surface area contributed by atoms with Gasteiger partial charge in [-0.15, -0.1) is 11.3 Å². The van der Waals surface area contributed by atoms with Gasteiger partial charge in [-0.2, -0.15) is 0 Å². The zero-order valence-electron chi connectivity index (χ0n) is 14.0. The normalized spacial score (nSPS) is 11.0. The molecule has 25 heavy (non-hydrogen) atoms. The number of thiophene rings is 1. The molecule has 2 aromatic heterocycles. The second-order valence-corrected chi connectivity index (χ2v) is 6.53. The van der Waals surface area contributed by atoms with Crippen LogP contribution in [0.3, 0.4) is 0 Å². The van der Waals surface area contributed by atoms with Crippen molar-refractivity contribution in [3.63, 3.8) is 0 Å². The van der Waals surface area contributed by atoms with Gasteiger partial charge in [0.25, 0.3) is 5.56 Å². The number of hydrogen-bond donors (Lipinski definition) is 0. The maximum absolute atomic E-state index is 12.8. The van der Waals surface area contributed by atoms with Crippen LogP contribution in [-0.4, -0.2) is 35.8 Å². The van der Waals surface area contributed by atoms with Crippen LogP contribution >= 0.6 is 11.3 Å². The molecule has 0 amide bonds. The van der Waals surface area contributed by atoms with Crippen LogP contribution in [0.15, 0.2) is 41.5 Å². The Balaban J connectivity index is 1.94. The third-order valence-corrected chi connectivity index (χ3v) is 5.00. The third-order valence-electron chi connectivity index (χ3n) is 3.82. The van der Waals surface area contributed by atoms with Crippen LogP contribution in [0, 0.1) is 6.92 Å². The molecule has 6 nitrogen and oxygen atoms in total. The molecule has 3 rings (SSSR count). The predicted molar refractivity (Wildman–Crippen MR) is 96.3 cm³/mol. The first-order chi connectivity index (χ1) is 12.1. The van der Waals surface area contributed by atoms with E-state index in [0.717, 1.165) is 5.56 Å². The van der Waals surface area contributed by atoms with E-state index in [1.807, 2.05) is 30.3 Å². The van der Waals surface area contributed by atoms with Gasteiger partial charge >= 0.3 is 5.97 Å². The monoisotopic (exact) mass is 358 g/mol. The Hall–Kier alpha value is -2.51. The van der Waals surface area contributed by atoms with E-state index in [2.05, 4.69) is 4.98 Å². The zero-order valence-corrected chi connectivity index (χ0v) is 14.8. The second kappa shape index (κ2) is 7.58. The number of nitrogens with zero attached hydrogens (tertiary/aromatic N) is 2. The van der Waals surface area contributed by atoms with E-state index in [1.165, 1.54) is 24.8 Å². The molecule has 0 aliphatic heterocycles. The lowest BCUT2D eigenvalue weighted by molar-refractivity contribution is 0.0393. The van der Waals surface area contributed by atoms with E-state index in [4.69, 9.17) is 9.47 Å². The lowest BCUT2D eigenvalue weighted by Gasteiger charge is -2.05. The number of hydrogen-bond acceptors (Lipinski definition) is 6. The van der Waals surface area contributed by atoms with Crippen LogP contribution < -0.4 is 5.56 Å². The van der Waals surface area contributed by atoms with Gasteiger partial charge in [0.2, 0.25) is 0 Å². The standard InChI is InChI=1S/C18H18N2O4S/c1-12-14-16(25-15(12)18(22)24-9-8-23-2)19-11-20(17(14)21)10-13-6-4-3-5-7-13/h3-7,11H,8-10H2,1-2H3. The van der Waals surface area contributed by atoms with Crippen molar-refractivity contribution >= 4 is 27.5 Å². The fourth-order valence-electron chi connectivity index (χ4n) is 2.53. The van der Waals surface area contributed by atoms with Crippen molar-refractivity contribution in [2.24, 2.45) is 0 Å². The topological polar surface area (TPSA) is 70.4 Å². The van der Waals surface area contributed by atoms with Crippen molar-refractivity contribution in [2.45, 2.75) is 13.5 Å². The Morgan fingerprint density at radius 3 is 2.72 bits per heavy atom. The van der Waals surface area contributed by atoms with Crippen LogP contribution in [0.25, 0.3) is 10.2 Å². The molecule has 0 bridgehead atoms. The Morgan fingerprint density at radius 1 is 1.24 bits per heavy atom. The quantitative estimate of drug-likeness (QED) is 0.500. The summed E-state index contributed by atoms with van der Waals surface area (Å²) in [6.45, 7) is 2.69. The van der Waals surface area contributed by atoms with Crippen molar-refractivity contribution in [1.29, 1.82) is 0 Å². The minimum absolute atomic E-state index is 0.154. The van der Waals surface area contributed by atoms with Gasteiger partial charge in [0.1, 0.15) is 16.3 Å². The number of benzene rings is 1.